The van der Waals surface area contributed by atoms with E-state index in [1.807, 2.05) is 18.2 Å². The average Bonchev–Trinajstić information content (AvgIpc) is 3.15. The van der Waals surface area contributed by atoms with Gasteiger partial charge in [-0.3, -0.25) is 14.3 Å². The summed E-state index contributed by atoms with van der Waals surface area (Å²) in [6, 6.07) is 6.54. The molecule has 0 aliphatic carbocycles. The number of aliphatic hydroxyl groups is 1. The first kappa shape index (κ1) is 29.1. The fraction of sp³-hybridized carbons (Fsp3) is 0.556. The number of benzene rings is 1. The molecule has 0 aliphatic heterocycles. The molecule has 2 heterocycles. The number of fused-ring (bicyclic) bond motifs is 1. The number of H-pyrrole nitrogens is 1. The van der Waals surface area contributed by atoms with Crippen LogP contribution in [-0.4, -0.2) is 79.4 Å². The van der Waals surface area contributed by atoms with Gasteiger partial charge >= 0.3 is 11.7 Å². The van der Waals surface area contributed by atoms with Gasteiger partial charge in [-0.1, -0.05) is 32.0 Å². The number of aliphatic carboxylic acids is 1. The third kappa shape index (κ3) is 6.70. The van der Waals surface area contributed by atoms with Crippen LogP contribution < -0.4 is 16.3 Å². The summed E-state index contributed by atoms with van der Waals surface area (Å²) in [5, 5.41) is 18.8. The van der Waals surface area contributed by atoms with Crippen LogP contribution >= 0.6 is 0 Å². The molecular weight excluding hydrogens is 486 g/mol. The Morgan fingerprint density at radius 3 is 2.45 bits per heavy atom. The van der Waals surface area contributed by atoms with Gasteiger partial charge in [0, 0.05) is 32.2 Å². The Bertz CT molecular complexity index is 1310. The standard InChI is InChI=1S/C27H41N7O4/c1-16(2)18(5)33(17(3)4)10-9-20-8-7-19(13-21(20)14-22(36)37)15-34-25-23(29-27(34)38)24(28)30-26(31-25)32(6)11-12-35/h7-8,13,16-18,35H,9-12,14-15H2,1-6H3,(H,29,38)(H,36,37)(H2,28,30,31). The van der Waals surface area contributed by atoms with Crippen molar-refractivity contribution < 1.29 is 15.0 Å². The van der Waals surface area contributed by atoms with Crippen LogP contribution in [0.4, 0.5) is 11.8 Å². The zero-order chi connectivity index (χ0) is 28.1. The van der Waals surface area contributed by atoms with Gasteiger partial charge in [-0.05, 0) is 49.8 Å². The molecule has 0 spiro atoms. The Hall–Kier alpha value is -3.44. The lowest BCUT2D eigenvalue weighted by Gasteiger charge is -2.35. The summed E-state index contributed by atoms with van der Waals surface area (Å²) in [7, 11) is 1.73. The summed E-state index contributed by atoms with van der Waals surface area (Å²) in [6.07, 6.45) is 0.633. The van der Waals surface area contributed by atoms with Crippen molar-refractivity contribution in [1.82, 2.24) is 24.4 Å². The van der Waals surface area contributed by atoms with Crippen LogP contribution in [0.25, 0.3) is 11.2 Å². The maximum atomic E-state index is 12.8. The highest BCUT2D eigenvalue weighted by molar-refractivity contribution is 5.83. The van der Waals surface area contributed by atoms with E-state index in [0.717, 1.165) is 29.7 Å². The Morgan fingerprint density at radius 1 is 1.13 bits per heavy atom. The molecule has 1 unspecified atom stereocenters. The van der Waals surface area contributed by atoms with E-state index in [4.69, 9.17) is 5.73 Å². The van der Waals surface area contributed by atoms with Crippen molar-refractivity contribution in [2.24, 2.45) is 5.92 Å². The molecule has 0 saturated heterocycles. The second kappa shape index (κ2) is 12.4. The molecule has 1 aromatic carbocycles. The Morgan fingerprint density at radius 2 is 1.84 bits per heavy atom. The zero-order valence-corrected chi connectivity index (χ0v) is 23.2. The number of rotatable bonds is 13. The van der Waals surface area contributed by atoms with E-state index in [-0.39, 0.29) is 31.1 Å². The second-order valence-corrected chi connectivity index (χ2v) is 10.5. The van der Waals surface area contributed by atoms with Gasteiger partial charge in [-0.2, -0.15) is 9.97 Å². The van der Waals surface area contributed by atoms with Crippen molar-refractivity contribution in [2.45, 2.75) is 66.1 Å². The van der Waals surface area contributed by atoms with E-state index in [1.54, 1.807) is 11.9 Å². The Balaban J connectivity index is 1.94. The third-order valence-corrected chi connectivity index (χ3v) is 7.16. The number of carboxylic acids is 1. The lowest BCUT2D eigenvalue weighted by atomic mass is 9.97. The number of carboxylic acid groups (broad SMARTS) is 1. The highest BCUT2D eigenvalue weighted by Crippen LogP contribution is 2.21. The number of nitrogens with two attached hydrogens (primary N) is 1. The van der Waals surface area contributed by atoms with Gasteiger partial charge in [0.2, 0.25) is 5.95 Å². The van der Waals surface area contributed by atoms with Gasteiger partial charge in [0.25, 0.3) is 0 Å². The van der Waals surface area contributed by atoms with Crippen LogP contribution in [0.1, 0.15) is 51.3 Å². The maximum Gasteiger partial charge on any atom is 0.328 e. The summed E-state index contributed by atoms with van der Waals surface area (Å²) in [5.41, 5.74) is 8.90. The molecule has 3 rings (SSSR count). The van der Waals surface area contributed by atoms with E-state index in [9.17, 15) is 19.8 Å². The molecule has 0 bridgehead atoms. The van der Waals surface area contributed by atoms with E-state index < -0.39 is 5.97 Å². The van der Waals surface area contributed by atoms with E-state index in [1.165, 1.54) is 4.57 Å². The van der Waals surface area contributed by atoms with Gasteiger partial charge in [-0.25, -0.2) is 4.79 Å². The van der Waals surface area contributed by atoms with Crippen molar-refractivity contribution in [3.05, 3.63) is 45.4 Å². The third-order valence-electron chi connectivity index (χ3n) is 7.16. The number of hydrogen-bond donors (Lipinski definition) is 4. The number of aliphatic hydroxyl groups excluding tert-OH is 1. The number of imidazole rings is 1. The van der Waals surface area contributed by atoms with Crippen LogP contribution in [0.2, 0.25) is 0 Å². The summed E-state index contributed by atoms with van der Waals surface area (Å²) in [4.78, 5) is 40.1. The van der Waals surface area contributed by atoms with E-state index >= 15 is 0 Å². The van der Waals surface area contributed by atoms with Crippen molar-refractivity contribution in [3.63, 3.8) is 0 Å². The van der Waals surface area contributed by atoms with Crippen LogP contribution in [0.15, 0.2) is 23.0 Å². The molecule has 2 aromatic heterocycles. The predicted molar refractivity (Wildman–Crippen MR) is 150 cm³/mol. The molecule has 0 amide bonds. The van der Waals surface area contributed by atoms with Gasteiger partial charge < -0.3 is 25.8 Å². The number of anilines is 2. The molecule has 0 aliphatic rings. The van der Waals surface area contributed by atoms with Crippen molar-refractivity contribution in [3.8, 4) is 0 Å². The number of aromatic nitrogens is 4. The van der Waals surface area contributed by atoms with Crippen molar-refractivity contribution in [2.75, 3.05) is 37.4 Å². The highest BCUT2D eigenvalue weighted by atomic mass is 16.4. The lowest BCUT2D eigenvalue weighted by Crippen LogP contribution is -2.42. The first-order valence-electron chi connectivity index (χ1n) is 13.1. The number of likely N-dealkylation sites (N-methyl/N-ethyl adjacent to an activating group) is 1. The number of carbonyl (C=O) groups is 1. The maximum absolute atomic E-state index is 12.8. The Labute approximate surface area is 223 Å². The van der Waals surface area contributed by atoms with Crippen LogP contribution in [0, 0.1) is 5.92 Å². The normalized spacial score (nSPS) is 12.7. The number of nitrogen functional groups attached to an aromatic ring is 1. The van der Waals surface area contributed by atoms with Gasteiger partial charge in [0.15, 0.2) is 11.5 Å². The fourth-order valence-electron chi connectivity index (χ4n) is 4.70. The second-order valence-electron chi connectivity index (χ2n) is 10.5. The summed E-state index contributed by atoms with van der Waals surface area (Å²) in [5.74, 6) is 0.0393. The predicted octanol–water partition coefficient (Wildman–Crippen LogP) is 2.10. The summed E-state index contributed by atoms with van der Waals surface area (Å²) in [6.45, 7) is 12.3. The molecule has 0 radical (unpaired) electrons. The van der Waals surface area contributed by atoms with Gasteiger partial charge in [0.05, 0.1) is 19.6 Å². The molecule has 11 nitrogen and oxygen atoms in total. The molecular formula is C27H41N7O4. The van der Waals surface area contributed by atoms with Crippen LogP contribution in [0.3, 0.4) is 0 Å². The van der Waals surface area contributed by atoms with Gasteiger partial charge in [0.1, 0.15) is 5.52 Å². The molecule has 208 valence electrons. The monoisotopic (exact) mass is 527 g/mol. The van der Waals surface area contributed by atoms with E-state index in [0.29, 0.717) is 41.7 Å². The SMILES string of the molecule is CC(C)C(C)N(CCc1ccc(Cn2c(=O)[nH]c3c(N)nc(N(C)CCO)nc32)cc1CC(=O)O)C(C)C. The van der Waals surface area contributed by atoms with Crippen molar-refractivity contribution in [1.29, 1.82) is 0 Å². The topological polar surface area (TPSA) is 154 Å². The molecule has 5 N–H and O–H groups in total. The van der Waals surface area contributed by atoms with Crippen LogP contribution in [0.5, 0.6) is 0 Å². The van der Waals surface area contributed by atoms with Crippen LogP contribution in [-0.2, 0) is 24.2 Å². The number of hydrogen-bond acceptors (Lipinski definition) is 8. The molecule has 0 saturated carbocycles. The average molecular weight is 528 g/mol. The molecule has 38 heavy (non-hydrogen) atoms. The molecule has 0 fully saturated rings. The summed E-state index contributed by atoms with van der Waals surface area (Å²) >= 11 is 0. The minimum absolute atomic E-state index is 0.0816. The minimum Gasteiger partial charge on any atom is -0.481 e. The van der Waals surface area contributed by atoms with E-state index in [2.05, 4.69) is 54.5 Å². The zero-order valence-electron chi connectivity index (χ0n) is 23.2. The molecule has 1 atom stereocenters. The quantitative estimate of drug-likeness (QED) is 0.262. The number of nitrogens with one attached hydrogen (secondary N) is 1. The van der Waals surface area contributed by atoms with Gasteiger partial charge in [-0.15, -0.1) is 0 Å². The minimum atomic E-state index is -0.902. The largest absolute Gasteiger partial charge is 0.481 e. The number of nitrogens with zero attached hydrogens (tertiary/aromatic N) is 5. The first-order valence-corrected chi connectivity index (χ1v) is 13.1. The molecule has 3 aromatic rings. The summed E-state index contributed by atoms with van der Waals surface area (Å²) < 4.78 is 1.47. The molecule has 11 heteroatoms. The smallest absolute Gasteiger partial charge is 0.328 e. The highest BCUT2D eigenvalue weighted by Gasteiger charge is 2.21. The van der Waals surface area contributed by atoms with Crippen molar-refractivity contribution >= 4 is 28.9 Å². The number of aromatic amines is 1. The fourth-order valence-corrected chi connectivity index (χ4v) is 4.70. The Kier molecular flexibility index (Phi) is 9.50. The lowest BCUT2D eigenvalue weighted by molar-refractivity contribution is -0.136. The first-order chi connectivity index (χ1) is 17.9.